The molecule has 3 aromatic heterocycles. The van der Waals surface area contributed by atoms with Crippen LogP contribution in [0.2, 0.25) is 0 Å². The largest absolute Gasteiger partial charge is 0.433 e. The molecule has 0 aliphatic rings. The van der Waals surface area contributed by atoms with Crippen LogP contribution in [0, 0.1) is 25.2 Å². The van der Waals surface area contributed by atoms with E-state index in [0.717, 1.165) is 6.20 Å². The summed E-state index contributed by atoms with van der Waals surface area (Å²) in [4.78, 5) is 24.0. The topological polar surface area (TPSA) is 126 Å². The Morgan fingerprint density at radius 2 is 1.72 bits per heavy atom. The molecule has 3 aromatic rings. The number of aryl methyl sites for hydroxylation is 2. The first-order chi connectivity index (χ1) is 15.1. The highest BCUT2D eigenvalue weighted by Gasteiger charge is 2.33. The molecule has 8 nitrogen and oxygen atoms in total. The van der Waals surface area contributed by atoms with Gasteiger partial charge in [0.25, 0.3) is 5.91 Å². The fraction of sp³-hybridized carbons (Fsp3) is 0.150. The number of amides is 1. The number of carbonyl (C=O) groups excluding carboxylic acids is 1. The van der Waals surface area contributed by atoms with E-state index in [1.54, 1.807) is 32.2 Å². The van der Waals surface area contributed by atoms with Gasteiger partial charge in [-0.2, -0.15) is 26.9 Å². The molecule has 1 amide bonds. The summed E-state index contributed by atoms with van der Waals surface area (Å²) in [5.41, 5.74) is 1.87. The van der Waals surface area contributed by atoms with Crippen molar-refractivity contribution in [2.75, 3.05) is 5.32 Å². The molecule has 0 bridgehead atoms. The smallest absolute Gasteiger partial charge is 0.321 e. The normalized spacial score (nSPS) is 10.4. The van der Waals surface area contributed by atoms with E-state index in [2.05, 4.69) is 26.3 Å². The molecule has 3 heterocycles. The third-order valence-corrected chi connectivity index (χ3v) is 4.18. The number of hydrogen-bond acceptors (Lipinski definition) is 7. The third kappa shape index (κ3) is 6.02. The van der Waals surface area contributed by atoms with Crippen LogP contribution < -0.4 is 5.32 Å². The molecule has 0 saturated heterocycles. The molecule has 12 heteroatoms. The lowest BCUT2D eigenvalue weighted by Gasteiger charge is -2.11. The van der Waals surface area contributed by atoms with E-state index in [0.29, 0.717) is 39.8 Å². The standard InChI is InChI=1S/C20H14F3N5O.O2S/c1-11-14(8-24)5-15(9-26-11)17-7-16(10-27-12(17)2)28-19(29)13-3-4-25-18(6-13)20(21,22)23;1-3-2/h3-7,9-10H,1-2H3,(H,28,29);. The second-order valence-corrected chi connectivity index (χ2v) is 6.41. The predicted octanol–water partition coefficient (Wildman–Crippen LogP) is 3.63. The number of rotatable bonds is 3. The minimum Gasteiger partial charge on any atom is -0.321 e. The van der Waals surface area contributed by atoms with Gasteiger partial charge >= 0.3 is 17.7 Å². The molecular weight excluding hydrogens is 447 g/mol. The molecule has 0 atom stereocenters. The first-order valence-corrected chi connectivity index (χ1v) is 9.37. The molecule has 0 aliphatic heterocycles. The first kappa shape index (κ1) is 24.3. The Hall–Kier alpha value is -3.98. The van der Waals surface area contributed by atoms with Crippen molar-refractivity contribution in [2.45, 2.75) is 20.0 Å². The highest BCUT2D eigenvalue weighted by Crippen LogP contribution is 2.29. The number of pyridine rings is 3. The molecule has 0 fully saturated rings. The van der Waals surface area contributed by atoms with Crippen molar-refractivity contribution in [3.05, 3.63) is 71.1 Å². The number of carbonyl (C=O) groups is 1. The van der Waals surface area contributed by atoms with E-state index in [4.69, 9.17) is 8.42 Å². The summed E-state index contributed by atoms with van der Waals surface area (Å²) in [7, 11) is 0. The van der Waals surface area contributed by atoms with Crippen LogP contribution in [0.25, 0.3) is 11.1 Å². The number of nitrogens with one attached hydrogen (secondary N) is 1. The van der Waals surface area contributed by atoms with Gasteiger partial charge in [0.15, 0.2) is 0 Å². The lowest BCUT2D eigenvalue weighted by Crippen LogP contribution is -2.15. The zero-order valence-corrected chi connectivity index (χ0v) is 17.4. The number of alkyl halides is 3. The maximum atomic E-state index is 12.8. The minimum atomic E-state index is -4.65. The van der Waals surface area contributed by atoms with E-state index >= 15 is 0 Å². The van der Waals surface area contributed by atoms with Crippen LogP contribution in [0.4, 0.5) is 18.9 Å². The summed E-state index contributed by atoms with van der Waals surface area (Å²) >= 11 is -0.750. The quantitative estimate of drug-likeness (QED) is 0.631. The summed E-state index contributed by atoms with van der Waals surface area (Å²) in [6, 6.07) is 7.22. The number of halogens is 3. The zero-order chi connectivity index (χ0) is 23.9. The van der Waals surface area contributed by atoms with Crippen molar-refractivity contribution >= 4 is 23.2 Å². The van der Waals surface area contributed by atoms with Crippen LogP contribution in [0.3, 0.4) is 0 Å². The van der Waals surface area contributed by atoms with Crippen LogP contribution in [-0.2, 0) is 17.7 Å². The van der Waals surface area contributed by atoms with Gasteiger partial charge in [0.2, 0.25) is 0 Å². The molecule has 0 aromatic carbocycles. The summed E-state index contributed by atoms with van der Waals surface area (Å²) in [6.07, 6.45) is -0.733. The van der Waals surface area contributed by atoms with Gasteiger partial charge in [-0.1, -0.05) is 0 Å². The second kappa shape index (κ2) is 10.4. The van der Waals surface area contributed by atoms with Gasteiger partial charge in [-0.05, 0) is 38.1 Å². The Kier molecular flexibility index (Phi) is 7.86. The molecule has 0 radical (unpaired) electrons. The van der Waals surface area contributed by atoms with Crippen LogP contribution in [0.5, 0.6) is 0 Å². The van der Waals surface area contributed by atoms with Crippen LogP contribution in [0.15, 0.2) is 42.9 Å². The van der Waals surface area contributed by atoms with Crippen molar-refractivity contribution in [1.29, 1.82) is 5.26 Å². The average molecular weight is 461 g/mol. The van der Waals surface area contributed by atoms with Crippen LogP contribution in [-0.4, -0.2) is 29.3 Å². The lowest BCUT2D eigenvalue weighted by atomic mass is 10.0. The number of anilines is 1. The van der Waals surface area contributed by atoms with Gasteiger partial charge in [-0.25, -0.2) is 0 Å². The Morgan fingerprint density at radius 3 is 2.34 bits per heavy atom. The minimum absolute atomic E-state index is 0.182. The van der Waals surface area contributed by atoms with Crippen molar-refractivity contribution < 1.29 is 26.4 Å². The Bertz CT molecular complexity index is 1240. The summed E-state index contributed by atoms with van der Waals surface area (Å²) in [5, 5.41) is 11.7. The predicted molar refractivity (Wildman–Crippen MR) is 108 cm³/mol. The fourth-order valence-corrected chi connectivity index (χ4v) is 2.62. The third-order valence-electron chi connectivity index (χ3n) is 4.18. The highest BCUT2D eigenvalue weighted by molar-refractivity contribution is 7.51. The van der Waals surface area contributed by atoms with E-state index in [1.165, 1.54) is 12.3 Å². The summed E-state index contributed by atoms with van der Waals surface area (Å²) in [6.45, 7) is 3.47. The van der Waals surface area contributed by atoms with Gasteiger partial charge in [-0.3, -0.25) is 19.7 Å². The monoisotopic (exact) mass is 461 g/mol. The number of hydrogen-bond donors (Lipinski definition) is 1. The van der Waals surface area contributed by atoms with E-state index in [-0.39, 0.29) is 5.56 Å². The molecule has 32 heavy (non-hydrogen) atoms. The fourth-order valence-electron chi connectivity index (χ4n) is 2.62. The maximum Gasteiger partial charge on any atom is 0.433 e. The molecule has 0 spiro atoms. The van der Waals surface area contributed by atoms with Gasteiger partial charge in [0.05, 0.1) is 23.1 Å². The average Bonchev–Trinajstić information content (AvgIpc) is 2.75. The van der Waals surface area contributed by atoms with Gasteiger partial charge in [0, 0.05) is 34.8 Å². The summed E-state index contributed by atoms with van der Waals surface area (Å²) in [5.74, 6) is -0.728. The van der Waals surface area contributed by atoms with Crippen molar-refractivity contribution in [2.24, 2.45) is 0 Å². The Morgan fingerprint density at radius 1 is 1.06 bits per heavy atom. The number of nitriles is 1. The van der Waals surface area contributed by atoms with Gasteiger partial charge < -0.3 is 5.32 Å². The molecule has 0 unspecified atom stereocenters. The summed E-state index contributed by atoms with van der Waals surface area (Å²) < 4.78 is 55.0. The maximum absolute atomic E-state index is 12.8. The molecular formula is C20H14F3N5O3S. The molecule has 0 aliphatic carbocycles. The molecule has 0 saturated carbocycles. The highest BCUT2D eigenvalue weighted by atomic mass is 32.1. The number of aromatic nitrogens is 3. The zero-order valence-electron chi connectivity index (χ0n) is 16.6. The van der Waals surface area contributed by atoms with Crippen LogP contribution in [0.1, 0.15) is 33.0 Å². The molecule has 1 N–H and O–H groups in total. The Balaban J connectivity index is 0.00000114. The van der Waals surface area contributed by atoms with Crippen molar-refractivity contribution in [1.82, 2.24) is 15.0 Å². The van der Waals surface area contributed by atoms with E-state index in [1.807, 2.05) is 0 Å². The van der Waals surface area contributed by atoms with Crippen LogP contribution >= 0.6 is 0 Å². The van der Waals surface area contributed by atoms with Crippen molar-refractivity contribution in [3.8, 4) is 17.2 Å². The number of nitrogens with zero attached hydrogens (tertiary/aromatic N) is 4. The second-order valence-electron chi connectivity index (χ2n) is 6.28. The SMILES string of the molecule is Cc1ncc(-c2cc(NC(=O)c3ccnc(C(F)(F)F)c3)cnc2C)cc1C#N.O=S=O. The van der Waals surface area contributed by atoms with Crippen molar-refractivity contribution in [3.63, 3.8) is 0 Å². The Labute approximate surface area is 183 Å². The lowest BCUT2D eigenvalue weighted by molar-refractivity contribution is -0.141. The molecule has 164 valence electrons. The van der Waals surface area contributed by atoms with Gasteiger partial charge in [0.1, 0.15) is 11.8 Å². The van der Waals surface area contributed by atoms with Gasteiger partial charge in [-0.15, -0.1) is 0 Å². The van der Waals surface area contributed by atoms with E-state index < -0.39 is 29.3 Å². The first-order valence-electron chi connectivity index (χ1n) is 8.70. The molecule has 3 rings (SSSR count). The van der Waals surface area contributed by atoms with E-state index in [9.17, 15) is 23.2 Å².